The van der Waals surface area contributed by atoms with Crippen molar-refractivity contribution in [3.63, 3.8) is 0 Å². The average molecular weight is 490 g/mol. The molecule has 5 aromatic carbocycles. The molecule has 0 atom stereocenters. The number of hydrogen-bond acceptors (Lipinski definition) is 2. The van der Waals surface area contributed by atoms with Crippen molar-refractivity contribution in [3.8, 4) is 17.4 Å². The number of para-hydroxylation sites is 3. The third kappa shape index (κ3) is 2.69. The molecule has 0 aliphatic carbocycles. The molecule has 172 valence electrons. The molecular weight excluding hydrogens is 470 g/mol. The first-order chi connectivity index (χ1) is 18.3. The Labute approximate surface area is 216 Å². The van der Waals surface area contributed by atoms with E-state index in [2.05, 4.69) is 130 Å². The normalized spacial score (nSPS) is 11.8. The van der Waals surface area contributed by atoms with Crippen LogP contribution in [0.15, 0.2) is 115 Å². The molecule has 4 heteroatoms. The van der Waals surface area contributed by atoms with Crippen molar-refractivity contribution in [1.29, 1.82) is 5.26 Å². The average Bonchev–Trinajstić information content (AvgIpc) is 3.59. The molecule has 3 nitrogen and oxygen atoms in total. The van der Waals surface area contributed by atoms with Crippen LogP contribution >= 0.6 is 11.3 Å². The monoisotopic (exact) mass is 489 g/mol. The van der Waals surface area contributed by atoms with Gasteiger partial charge in [0.05, 0.1) is 27.9 Å². The minimum atomic E-state index is 0.661. The van der Waals surface area contributed by atoms with Crippen LogP contribution in [0.1, 0.15) is 5.56 Å². The summed E-state index contributed by atoms with van der Waals surface area (Å²) in [7, 11) is 0. The topological polar surface area (TPSA) is 33.6 Å². The molecule has 0 saturated carbocycles. The maximum Gasteiger partial charge on any atom is 0.109 e. The standard InChI is InChI=1S/C33H19N3S/c34-20-25-29(35-26-14-5-1-10-21(26)22-11-2-6-15-27(22)35)17-9-18-30(25)36-28-16-7-3-12-23(28)32-24-13-4-8-19-31(24)37-33(32)36/h1-19H. The number of nitrogens with zero attached hydrogens (tertiary/aromatic N) is 3. The molecule has 37 heavy (non-hydrogen) atoms. The second-order valence-electron chi connectivity index (χ2n) is 9.28. The van der Waals surface area contributed by atoms with E-state index in [4.69, 9.17) is 0 Å². The lowest BCUT2D eigenvalue weighted by Crippen LogP contribution is -2.03. The molecule has 0 spiro atoms. The second-order valence-corrected chi connectivity index (χ2v) is 10.3. The molecular formula is C33H19N3S. The minimum Gasteiger partial charge on any atom is -0.308 e. The van der Waals surface area contributed by atoms with Gasteiger partial charge in [-0.15, -0.1) is 11.3 Å². The summed E-state index contributed by atoms with van der Waals surface area (Å²) >= 11 is 1.78. The Kier molecular flexibility index (Phi) is 4.17. The van der Waals surface area contributed by atoms with Crippen LogP contribution in [0.5, 0.6) is 0 Å². The quantitative estimate of drug-likeness (QED) is 0.239. The summed E-state index contributed by atoms with van der Waals surface area (Å²) in [4.78, 5) is 1.17. The Balaban J connectivity index is 1.52. The molecule has 8 rings (SSSR count). The van der Waals surface area contributed by atoms with Gasteiger partial charge in [-0.1, -0.05) is 78.9 Å². The Morgan fingerprint density at radius 3 is 1.68 bits per heavy atom. The molecule has 0 N–H and O–H groups in total. The van der Waals surface area contributed by atoms with E-state index in [-0.39, 0.29) is 0 Å². The summed E-state index contributed by atoms with van der Waals surface area (Å²) < 4.78 is 5.77. The Morgan fingerprint density at radius 1 is 0.514 bits per heavy atom. The molecule has 0 unspecified atom stereocenters. The molecule has 0 amide bonds. The molecule has 3 heterocycles. The fourth-order valence-electron chi connectivity index (χ4n) is 5.88. The van der Waals surface area contributed by atoms with Gasteiger partial charge in [0, 0.05) is 31.6 Å². The van der Waals surface area contributed by atoms with E-state index in [9.17, 15) is 5.26 Å². The lowest BCUT2D eigenvalue weighted by Gasteiger charge is -2.15. The predicted octanol–water partition coefficient (Wildman–Crippen LogP) is 8.97. The Hall–Kier alpha value is -4.85. The van der Waals surface area contributed by atoms with Gasteiger partial charge in [-0.2, -0.15) is 5.26 Å². The van der Waals surface area contributed by atoms with Crippen LogP contribution in [-0.2, 0) is 0 Å². The van der Waals surface area contributed by atoms with Gasteiger partial charge in [-0.3, -0.25) is 4.57 Å². The van der Waals surface area contributed by atoms with Gasteiger partial charge >= 0.3 is 0 Å². The molecule has 3 aromatic heterocycles. The number of nitriles is 1. The molecule has 0 bridgehead atoms. The lowest BCUT2D eigenvalue weighted by atomic mass is 10.1. The van der Waals surface area contributed by atoms with Crippen LogP contribution < -0.4 is 0 Å². The van der Waals surface area contributed by atoms with E-state index >= 15 is 0 Å². The van der Waals surface area contributed by atoms with Crippen molar-refractivity contribution < 1.29 is 0 Å². The Morgan fingerprint density at radius 2 is 1.03 bits per heavy atom. The van der Waals surface area contributed by atoms with Crippen LogP contribution in [0.25, 0.3) is 64.4 Å². The summed E-state index contributed by atoms with van der Waals surface area (Å²) in [5.74, 6) is 0. The zero-order chi connectivity index (χ0) is 24.5. The van der Waals surface area contributed by atoms with Crippen molar-refractivity contribution in [2.75, 3.05) is 0 Å². The number of rotatable bonds is 2. The number of fused-ring (bicyclic) bond motifs is 8. The summed E-state index contributed by atoms with van der Waals surface area (Å²) in [6.45, 7) is 0. The molecule has 0 fully saturated rings. The highest BCUT2D eigenvalue weighted by molar-refractivity contribution is 7.25. The van der Waals surface area contributed by atoms with Crippen molar-refractivity contribution in [2.45, 2.75) is 0 Å². The van der Waals surface area contributed by atoms with Crippen LogP contribution in [0.3, 0.4) is 0 Å². The van der Waals surface area contributed by atoms with E-state index in [1.807, 2.05) is 0 Å². The zero-order valence-corrected chi connectivity index (χ0v) is 20.5. The van der Waals surface area contributed by atoms with E-state index in [1.54, 1.807) is 11.3 Å². The SMILES string of the molecule is N#Cc1c(-n2c3ccccc3c3ccccc32)cccc1-n1c2ccccc2c2c3ccccc3sc21. The van der Waals surface area contributed by atoms with Gasteiger partial charge in [0.1, 0.15) is 16.5 Å². The molecule has 0 radical (unpaired) electrons. The smallest absolute Gasteiger partial charge is 0.109 e. The molecule has 8 aromatic rings. The first-order valence-electron chi connectivity index (χ1n) is 12.3. The summed E-state index contributed by atoms with van der Waals surface area (Å²) in [6, 6.07) is 42.8. The number of aromatic nitrogens is 2. The van der Waals surface area contributed by atoms with E-state index < -0.39 is 0 Å². The largest absolute Gasteiger partial charge is 0.308 e. The van der Waals surface area contributed by atoms with Crippen molar-refractivity contribution >= 4 is 64.3 Å². The Bertz CT molecular complexity index is 2170. The van der Waals surface area contributed by atoms with Gasteiger partial charge in [-0.25, -0.2) is 0 Å². The van der Waals surface area contributed by atoms with Crippen molar-refractivity contribution in [2.24, 2.45) is 0 Å². The third-order valence-corrected chi connectivity index (χ3v) is 8.54. The zero-order valence-electron chi connectivity index (χ0n) is 19.7. The summed E-state index contributed by atoms with van der Waals surface area (Å²) in [6.07, 6.45) is 0. The van der Waals surface area contributed by atoms with Gasteiger partial charge < -0.3 is 4.57 Å². The number of benzene rings is 5. The third-order valence-electron chi connectivity index (χ3n) is 7.39. The van der Waals surface area contributed by atoms with Gasteiger partial charge in [0.15, 0.2) is 0 Å². The van der Waals surface area contributed by atoms with E-state index in [0.717, 1.165) is 27.9 Å². The van der Waals surface area contributed by atoms with E-state index in [0.29, 0.717) is 5.56 Å². The molecule has 0 aliphatic heterocycles. The van der Waals surface area contributed by atoms with Crippen molar-refractivity contribution in [1.82, 2.24) is 9.13 Å². The fraction of sp³-hybridized carbons (Fsp3) is 0. The first kappa shape index (κ1) is 20.4. The highest BCUT2D eigenvalue weighted by Crippen LogP contribution is 2.43. The lowest BCUT2D eigenvalue weighted by molar-refractivity contribution is 1.12. The maximum absolute atomic E-state index is 10.7. The van der Waals surface area contributed by atoms with Crippen LogP contribution in [0.2, 0.25) is 0 Å². The van der Waals surface area contributed by atoms with E-state index in [1.165, 1.54) is 36.5 Å². The summed E-state index contributed by atoms with van der Waals surface area (Å²) in [5.41, 5.74) is 5.77. The maximum atomic E-state index is 10.7. The highest BCUT2D eigenvalue weighted by Gasteiger charge is 2.22. The predicted molar refractivity (Wildman–Crippen MR) is 155 cm³/mol. The van der Waals surface area contributed by atoms with Crippen LogP contribution in [0.4, 0.5) is 0 Å². The first-order valence-corrected chi connectivity index (χ1v) is 13.1. The van der Waals surface area contributed by atoms with Crippen LogP contribution in [-0.4, -0.2) is 9.13 Å². The van der Waals surface area contributed by atoms with Gasteiger partial charge in [0.25, 0.3) is 0 Å². The van der Waals surface area contributed by atoms with Gasteiger partial charge in [0.2, 0.25) is 0 Å². The van der Waals surface area contributed by atoms with Crippen molar-refractivity contribution in [3.05, 3.63) is 121 Å². The number of hydrogen-bond donors (Lipinski definition) is 0. The highest BCUT2D eigenvalue weighted by atomic mass is 32.1. The second kappa shape index (κ2) is 7.57. The fourth-order valence-corrected chi connectivity index (χ4v) is 7.12. The van der Waals surface area contributed by atoms with Gasteiger partial charge in [-0.05, 0) is 36.4 Å². The minimum absolute atomic E-state index is 0.661. The molecule has 0 aliphatic rings. The summed E-state index contributed by atoms with van der Waals surface area (Å²) in [5, 5.41) is 16.7. The molecule has 0 saturated heterocycles. The number of thiophene rings is 1. The van der Waals surface area contributed by atoms with Crippen LogP contribution in [0, 0.1) is 11.3 Å².